The SMILES string of the molecule is O=C(Cn1c(C2CC2)cc2ccccc21)Nc1ccccc1I. The monoisotopic (exact) mass is 416 g/mol. The summed E-state index contributed by atoms with van der Waals surface area (Å²) in [6.45, 7) is 0.365. The number of halogens is 1. The van der Waals surface area contributed by atoms with Crippen LogP contribution >= 0.6 is 22.6 Å². The van der Waals surface area contributed by atoms with E-state index in [2.05, 4.69) is 56.7 Å². The number of carbonyl (C=O) groups is 1. The highest BCUT2D eigenvalue weighted by Gasteiger charge is 2.28. The highest BCUT2D eigenvalue weighted by Crippen LogP contribution is 2.42. The number of rotatable bonds is 4. The summed E-state index contributed by atoms with van der Waals surface area (Å²) in [5, 5.41) is 4.25. The van der Waals surface area contributed by atoms with E-state index in [0.29, 0.717) is 12.5 Å². The van der Waals surface area contributed by atoms with Crippen LogP contribution in [0.1, 0.15) is 24.5 Å². The van der Waals surface area contributed by atoms with Crippen LogP contribution in [0.5, 0.6) is 0 Å². The first-order chi connectivity index (χ1) is 11.2. The Balaban J connectivity index is 1.63. The average Bonchev–Trinajstić information content (AvgIpc) is 3.33. The number of para-hydroxylation sites is 2. The summed E-state index contributed by atoms with van der Waals surface area (Å²) in [7, 11) is 0. The van der Waals surface area contributed by atoms with Crippen molar-refractivity contribution in [3.63, 3.8) is 0 Å². The number of carbonyl (C=O) groups excluding carboxylic acids is 1. The first-order valence-electron chi connectivity index (χ1n) is 7.85. The highest BCUT2D eigenvalue weighted by molar-refractivity contribution is 14.1. The molecule has 0 spiro atoms. The van der Waals surface area contributed by atoms with Crippen molar-refractivity contribution in [2.45, 2.75) is 25.3 Å². The molecule has 23 heavy (non-hydrogen) atoms. The van der Waals surface area contributed by atoms with Gasteiger partial charge in [0.25, 0.3) is 0 Å². The van der Waals surface area contributed by atoms with Gasteiger partial charge in [-0.3, -0.25) is 4.79 Å². The molecule has 4 heteroatoms. The van der Waals surface area contributed by atoms with Gasteiger partial charge >= 0.3 is 0 Å². The third-order valence-corrected chi connectivity index (χ3v) is 5.23. The van der Waals surface area contributed by atoms with Crippen LogP contribution in [-0.2, 0) is 11.3 Å². The van der Waals surface area contributed by atoms with Gasteiger partial charge in [-0.1, -0.05) is 30.3 Å². The second kappa shape index (κ2) is 6.00. The Kier molecular flexibility index (Phi) is 3.85. The fourth-order valence-electron chi connectivity index (χ4n) is 3.02. The minimum Gasteiger partial charge on any atom is -0.335 e. The second-order valence-corrected chi connectivity index (χ2v) is 7.18. The molecule has 0 saturated heterocycles. The zero-order valence-electron chi connectivity index (χ0n) is 12.6. The van der Waals surface area contributed by atoms with Gasteiger partial charge in [0.2, 0.25) is 5.91 Å². The van der Waals surface area contributed by atoms with Crippen molar-refractivity contribution < 1.29 is 4.79 Å². The van der Waals surface area contributed by atoms with E-state index in [-0.39, 0.29) is 5.91 Å². The van der Waals surface area contributed by atoms with E-state index in [9.17, 15) is 4.79 Å². The van der Waals surface area contributed by atoms with Gasteiger partial charge in [-0.2, -0.15) is 0 Å². The van der Waals surface area contributed by atoms with Gasteiger partial charge < -0.3 is 9.88 Å². The molecule has 0 aliphatic heterocycles. The smallest absolute Gasteiger partial charge is 0.244 e. The Bertz CT molecular complexity index is 880. The molecule has 3 aromatic rings. The van der Waals surface area contributed by atoms with E-state index in [1.165, 1.54) is 23.9 Å². The molecule has 1 amide bonds. The molecule has 4 rings (SSSR count). The predicted molar refractivity (Wildman–Crippen MR) is 102 cm³/mol. The fourth-order valence-corrected chi connectivity index (χ4v) is 3.54. The van der Waals surface area contributed by atoms with E-state index in [4.69, 9.17) is 0 Å². The Labute approximate surface area is 148 Å². The number of nitrogens with one attached hydrogen (secondary N) is 1. The topological polar surface area (TPSA) is 34.0 Å². The first kappa shape index (κ1) is 14.8. The zero-order chi connectivity index (χ0) is 15.8. The van der Waals surface area contributed by atoms with Gasteiger partial charge in [0.15, 0.2) is 0 Å². The lowest BCUT2D eigenvalue weighted by Gasteiger charge is -2.12. The van der Waals surface area contributed by atoms with Gasteiger partial charge in [-0.05, 0) is 71.0 Å². The quantitative estimate of drug-likeness (QED) is 0.612. The lowest BCUT2D eigenvalue weighted by Crippen LogP contribution is -2.20. The van der Waals surface area contributed by atoms with E-state index >= 15 is 0 Å². The van der Waals surface area contributed by atoms with Crippen molar-refractivity contribution >= 4 is 45.1 Å². The van der Waals surface area contributed by atoms with Crippen LogP contribution < -0.4 is 5.32 Å². The Morgan fingerprint density at radius 3 is 2.65 bits per heavy atom. The number of benzene rings is 2. The minimum absolute atomic E-state index is 0.0253. The van der Waals surface area contributed by atoms with Crippen LogP contribution in [0.2, 0.25) is 0 Å². The molecule has 1 aliphatic rings. The number of anilines is 1. The molecule has 0 radical (unpaired) electrons. The summed E-state index contributed by atoms with van der Waals surface area (Å²) in [4.78, 5) is 12.5. The molecule has 3 nitrogen and oxygen atoms in total. The number of nitrogens with zero attached hydrogens (tertiary/aromatic N) is 1. The lowest BCUT2D eigenvalue weighted by molar-refractivity contribution is -0.116. The van der Waals surface area contributed by atoms with Crippen molar-refractivity contribution in [3.8, 4) is 0 Å². The summed E-state index contributed by atoms with van der Waals surface area (Å²) in [5.74, 6) is 0.643. The van der Waals surface area contributed by atoms with Gasteiger partial charge in [-0.15, -0.1) is 0 Å². The summed E-state index contributed by atoms with van der Waals surface area (Å²) in [6.07, 6.45) is 2.46. The molecule has 1 N–H and O–H groups in total. The molecular formula is C19H17IN2O. The van der Waals surface area contributed by atoms with Crippen LogP contribution in [0.15, 0.2) is 54.6 Å². The molecule has 116 valence electrons. The number of aromatic nitrogens is 1. The molecule has 0 bridgehead atoms. The fraction of sp³-hybridized carbons (Fsp3) is 0.211. The standard InChI is InChI=1S/C19H17IN2O/c20-15-6-2-3-7-16(15)21-19(23)12-22-17-8-4-1-5-14(17)11-18(22)13-9-10-13/h1-8,11,13H,9-10,12H2,(H,21,23). The van der Waals surface area contributed by atoms with Crippen molar-refractivity contribution in [1.29, 1.82) is 0 Å². The molecular weight excluding hydrogens is 399 g/mol. The zero-order valence-corrected chi connectivity index (χ0v) is 14.8. The molecule has 1 aliphatic carbocycles. The van der Waals surface area contributed by atoms with Crippen molar-refractivity contribution in [2.24, 2.45) is 0 Å². The Hall–Kier alpha value is -1.82. The van der Waals surface area contributed by atoms with Crippen LogP contribution in [0.4, 0.5) is 5.69 Å². The van der Waals surface area contributed by atoms with Crippen LogP contribution in [0.3, 0.4) is 0 Å². The first-order valence-corrected chi connectivity index (χ1v) is 8.93. The van der Waals surface area contributed by atoms with Crippen molar-refractivity contribution in [2.75, 3.05) is 5.32 Å². The summed E-state index contributed by atoms with van der Waals surface area (Å²) >= 11 is 2.24. The number of hydrogen-bond donors (Lipinski definition) is 1. The maximum Gasteiger partial charge on any atom is 0.244 e. The molecule has 0 unspecified atom stereocenters. The molecule has 2 aromatic carbocycles. The Morgan fingerprint density at radius 1 is 1.13 bits per heavy atom. The normalized spacial score (nSPS) is 14.1. The molecule has 1 saturated carbocycles. The number of amides is 1. The third-order valence-electron chi connectivity index (χ3n) is 4.29. The van der Waals surface area contributed by atoms with Crippen LogP contribution in [0.25, 0.3) is 10.9 Å². The summed E-state index contributed by atoms with van der Waals surface area (Å²) in [6, 6.07) is 18.4. The molecule has 0 atom stereocenters. The van der Waals surface area contributed by atoms with E-state index in [0.717, 1.165) is 14.8 Å². The van der Waals surface area contributed by atoms with Gasteiger partial charge in [0, 0.05) is 14.8 Å². The van der Waals surface area contributed by atoms with Crippen LogP contribution in [0, 0.1) is 3.57 Å². The Morgan fingerprint density at radius 2 is 1.87 bits per heavy atom. The van der Waals surface area contributed by atoms with E-state index < -0.39 is 0 Å². The molecule has 1 heterocycles. The van der Waals surface area contributed by atoms with Crippen molar-refractivity contribution in [3.05, 3.63) is 63.9 Å². The van der Waals surface area contributed by atoms with E-state index in [1.54, 1.807) is 0 Å². The average molecular weight is 416 g/mol. The minimum atomic E-state index is 0.0253. The van der Waals surface area contributed by atoms with Gasteiger partial charge in [0.05, 0.1) is 5.69 Å². The number of fused-ring (bicyclic) bond motifs is 1. The number of hydrogen-bond acceptors (Lipinski definition) is 1. The van der Waals surface area contributed by atoms with Crippen LogP contribution in [-0.4, -0.2) is 10.5 Å². The lowest BCUT2D eigenvalue weighted by atomic mass is 10.2. The molecule has 1 aromatic heterocycles. The largest absolute Gasteiger partial charge is 0.335 e. The van der Waals surface area contributed by atoms with Gasteiger partial charge in [0.1, 0.15) is 6.54 Å². The van der Waals surface area contributed by atoms with Crippen molar-refractivity contribution in [1.82, 2.24) is 4.57 Å². The maximum absolute atomic E-state index is 12.5. The predicted octanol–water partition coefficient (Wildman–Crippen LogP) is 4.76. The summed E-state index contributed by atoms with van der Waals surface area (Å²) < 4.78 is 3.23. The summed E-state index contributed by atoms with van der Waals surface area (Å²) in [5.41, 5.74) is 3.32. The second-order valence-electron chi connectivity index (χ2n) is 6.02. The van der Waals surface area contributed by atoms with E-state index in [1.807, 2.05) is 30.3 Å². The third kappa shape index (κ3) is 3.00. The highest BCUT2D eigenvalue weighted by atomic mass is 127. The maximum atomic E-state index is 12.5. The molecule has 1 fully saturated rings. The van der Waals surface area contributed by atoms with Gasteiger partial charge in [-0.25, -0.2) is 0 Å².